The largest absolute Gasteiger partial charge is 0.393 e. The molecule has 2 aromatic heterocycles. The van der Waals surface area contributed by atoms with Gasteiger partial charge in [-0.05, 0) is 36.6 Å². The number of hydrogen-bond donors (Lipinski definition) is 2. The maximum absolute atomic E-state index is 9.75. The lowest BCUT2D eigenvalue weighted by Gasteiger charge is -2.29. The van der Waals surface area contributed by atoms with Gasteiger partial charge in [0.15, 0.2) is 5.82 Å². The van der Waals surface area contributed by atoms with Crippen LogP contribution in [0.4, 0.5) is 5.82 Å². The van der Waals surface area contributed by atoms with E-state index < -0.39 is 0 Å². The Morgan fingerprint density at radius 3 is 2.58 bits per heavy atom. The van der Waals surface area contributed by atoms with Crippen molar-refractivity contribution in [1.29, 1.82) is 0 Å². The number of pyridine rings is 1. The van der Waals surface area contributed by atoms with Gasteiger partial charge in [-0.15, -0.1) is 5.10 Å². The van der Waals surface area contributed by atoms with E-state index in [1.807, 2.05) is 41.2 Å². The molecule has 1 aromatic carbocycles. The zero-order valence-corrected chi connectivity index (χ0v) is 13.5. The second kappa shape index (κ2) is 6.22. The lowest BCUT2D eigenvalue weighted by Crippen LogP contribution is -2.36. The third kappa shape index (κ3) is 2.64. The highest BCUT2D eigenvalue weighted by Gasteiger charge is 2.22. The van der Waals surface area contributed by atoms with Crippen LogP contribution in [0.5, 0.6) is 0 Å². The smallest absolute Gasteiger partial charge is 0.159 e. The predicted molar refractivity (Wildman–Crippen MR) is 94.2 cm³/mol. The number of aliphatic hydroxyl groups excluding tert-OH is 1. The van der Waals surface area contributed by atoms with E-state index >= 15 is 0 Å². The highest BCUT2D eigenvalue weighted by Crippen LogP contribution is 2.29. The second-order valence-electron chi connectivity index (χ2n) is 6.22. The highest BCUT2D eigenvalue weighted by atomic mass is 16.3. The number of piperidine rings is 1. The van der Waals surface area contributed by atoms with Crippen molar-refractivity contribution >= 4 is 16.7 Å². The summed E-state index contributed by atoms with van der Waals surface area (Å²) < 4.78 is 1.93. The van der Waals surface area contributed by atoms with Crippen LogP contribution >= 0.6 is 0 Å². The summed E-state index contributed by atoms with van der Waals surface area (Å²) in [6.45, 7) is 2.17. The zero-order valence-electron chi connectivity index (χ0n) is 13.5. The summed E-state index contributed by atoms with van der Waals surface area (Å²) in [5.74, 6) is 0.960. The van der Waals surface area contributed by atoms with Crippen molar-refractivity contribution in [2.75, 3.05) is 18.0 Å². The summed E-state index contributed by atoms with van der Waals surface area (Å²) in [5.41, 5.74) is 8.76. The molecule has 4 rings (SSSR count). The molecule has 3 N–H and O–H groups in total. The minimum Gasteiger partial charge on any atom is -0.393 e. The Labute approximate surface area is 140 Å². The average Bonchev–Trinajstić information content (AvgIpc) is 3.02. The first-order chi connectivity index (χ1) is 11.8. The molecule has 0 aliphatic carbocycles. The number of anilines is 1. The predicted octanol–water partition coefficient (Wildman–Crippen LogP) is 1.84. The topological polar surface area (TPSA) is 80.2 Å². The van der Waals surface area contributed by atoms with Gasteiger partial charge < -0.3 is 15.7 Å². The van der Waals surface area contributed by atoms with E-state index in [1.54, 1.807) is 6.20 Å². The first-order valence-corrected chi connectivity index (χ1v) is 8.31. The Bertz CT molecular complexity index is 834. The van der Waals surface area contributed by atoms with Gasteiger partial charge in [-0.3, -0.25) is 4.98 Å². The van der Waals surface area contributed by atoms with Gasteiger partial charge in [0, 0.05) is 31.2 Å². The lowest BCUT2D eigenvalue weighted by atomic mass is 10.1. The summed E-state index contributed by atoms with van der Waals surface area (Å²) in [6.07, 6.45) is 5.02. The van der Waals surface area contributed by atoms with Crippen LogP contribution in [0.15, 0.2) is 42.7 Å². The molecule has 6 nitrogen and oxygen atoms in total. The maximum Gasteiger partial charge on any atom is 0.159 e. The number of nitrogens with zero attached hydrogens (tertiary/aromatic N) is 4. The molecule has 0 bridgehead atoms. The first kappa shape index (κ1) is 15.1. The number of fused-ring (bicyclic) bond motifs is 1. The normalized spacial score (nSPS) is 16.0. The minimum atomic E-state index is -0.194. The van der Waals surface area contributed by atoms with Crippen LogP contribution in [0.3, 0.4) is 0 Å². The molecule has 0 radical (unpaired) electrons. The van der Waals surface area contributed by atoms with Crippen LogP contribution in [0.25, 0.3) is 16.6 Å². The van der Waals surface area contributed by atoms with Gasteiger partial charge in [0.2, 0.25) is 0 Å². The number of nitrogens with two attached hydrogens (primary N) is 1. The van der Waals surface area contributed by atoms with Crippen molar-refractivity contribution in [3.8, 4) is 5.69 Å². The second-order valence-corrected chi connectivity index (χ2v) is 6.22. The molecule has 1 saturated heterocycles. The lowest BCUT2D eigenvalue weighted by molar-refractivity contribution is 0.145. The minimum absolute atomic E-state index is 0.194. The number of aromatic nitrogens is 3. The molecule has 3 heterocycles. The van der Waals surface area contributed by atoms with Crippen molar-refractivity contribution < 1.29 is 5.11 Å². The highest BCUT2D eigenvalue weighted by molar-refractivity contribution is 5.91. The van der Waals surface area contributed by atoms with E-state index in [0.29, 0.717) is 6.54 Å². The molecule has 0 spiro atoms. The van der Waals surface area contributed by atoms with Crippen LogP contribution in [0, 0.1) is 0 Å². The monoisotopic (exact) mass is 323 g/mol. The maximum atomic E-state index is 9.75. The van der Waals surface area contributed by atoms with Crippen LogP contribution in [0.1, 0.15) is 18.4 Å². The summed E-state index contributed by atoms with van der Waals surface area (Å²) in [7, 11) is 0. The molecule has 0 atom stereocenters. The van der Waals surface area contributed by atoms with Crippen LogP contribution in [0.2, 0.25) is 0 Å². The van der Waals surface area contributed by atoms with E-state index in [9.17, 15) is 5.11 Å². The molecule has 124 valence electrons. The molecule has 6 heteroatoms. The molecule has 0 amide bonds. The van der Waals surface area contributed by atoms with Crippen LogP contribution < -0.4 is 10.6 Å². The molecule has 1 aliphatic heterocycles. The van der Waals surface area contributed by atoms with Crippen molar-refractivity contribution in [2.24, 2.45) is 5.73 Å². The molecular weight excluding hydrogens is 302 g/mol. The molecule has 0 unspecified atom stereocenters. The standard InChI is InChI=1S/C18H21N5O/c19-11-13-1-3-14(4-2-13)23-17-12-20-8-5-16(17)18(21-23)22-9-6-15(24)7-10-22/h1-5,8,12,15,24H,6-7,9-11,19H2. The molecular formula is C18H21N5O. The summed E-state index contributed by atoms with van der Waals surface area (Å²) in [4.78, 5) is 6.51. The third-order valence-corrected chi connectivity index (χ3v) is 4.64. The molecule has 1 aliphatic rings. The summed E-state index contributed by atoms with van der Waals surface area (Å²) in [6, 6.07) is 10.1. The van der Waals surface area contributed by atoms with E-state index in [0.717, 1.165) is 53.9 Å². The molecule has 24 heavy (non-hydrogen) atoms. The number of aliphatic hydroxyl groups is 1. The Morgan fingerprint density at radius 1 is 1.12 bits per heavy atom. The third-order valence-electron chi connectivity index (χ3n) is 4.64. The number of hydrogen-bond acceptors (Lipinski definition) is 5. The Morgan fingerprint density at radius 2 is 1.88 bits per heavy atom. The SMILES string of the molecule is NCc1ccc(-n2nc(N3CCC(O)CC3)c3ccncc32)cc1. The fraction of sp³-hybridized carbons (Fsp3) is 0.333. The van der Waals surface area contributed by atoms with E-state index in [2.05, 4.69) is 9.88 Å². The fourth-order valence-electron chi connectivity index (χ4n) is 3.23. The van der Waals surface area contributed by atoms with Gasteiger partial charge in [0.25, 0.3) is 0 Å². The molecule has 1 fully saturated rings. The number of rotatable bonds is 3. The van der Waals surface area contributed by atoms with Crippen LogP contribution in [-0.4, -0.2) is 39.1 Å². The summed E-state index contributed by atoms with van der Waals surface area (Å²) >= 11 is 0. The van der Waals surface area contributed by atoms with E-state index in [-0.39, 0.29) is 6.10 Å². The van der Waals surface area contributed by atoms with Crippen molar-refractivity contribution in [2.45, 2.75) is 25.5 Å². The van der Waals surface area contributed by atoms with Gasteiger partial charge in [-0.2, -0.15) is 0 Å². The molecule has 3 aromatic rings. The summed E-state index contributed by atoms with van der Waals surface area (Å²) in [5, 5.41) is 15.7. The fourth-order valence-corrected chi connectivity index (χ4v) is 3.23. The first-order valence-electron chi connectivity index (χ1n) is 8.31. The average molecular weight is 323 g/mol. The van der Waals surface area contributed by atoms with E-state index in [1.165, 1.54) is 0 Å². The van der Waals surface area contributed by atoms with Crippen molar-refractivity contribution in [1.82, 2.24) is 14.8 Å². The van der Waals surface area contributed by atoms with Crippen LogP contribution in [-0.2, 0) is 6.54 Å². The van der Waals surface area contributed by atoms with E-state index in [4.69, 9.17) is 10.8 Å². The van der Waals surface area contributed by atoms with Gasteiger partial charge in [0.05, 0.1) is 23.5 Å². The quantitative estimate of drug-likeness (QED) is 0.769. The Balaban J connectivity index is 1.78. The van der Waals surface area contributed by atoms with Gasteiger partial charge in [-0.1, -0.05) is 12.1 Å². The zero-order chi connectivity index (χ0) is 16.5. The Kier molecular flexibility index (Phi) is 3.92. The number of benzene rings is 1. The van der Waals surface area contributed by atoms with Gasteiger partial charge in [0.1, 0.15) is 0 Å². The Hall–Kier alpha value is -2.44. The van der Waals surface area contributed by atoms with Crippen molar-refractivity contribution in [3.63, 3.8) is 0 Å². The molecule has 0 saturated carbocycles. The van der Waals surface area contributed by atoms with Crippen molar-refractivity contribution in [3.05, 3.63) is 48.3 Å². The van der Waals surface area contributed by atoms with Gasteiger partial charge >= 0.3 is 0 Å². The van der Waals surface area contributed by atoms with Gasteiger partial charge in [-0.25, -0.2) is 4.68 Å².